The number of halogens is 4. The summed E-state index contributed by atoms with van der Waals surface area (Å²) < 4.78 is 39.0. The Morgan fingerprint density at radius 3 is 2.56 bits per heavy atom. The molecule has 0 fully saturated rings. The van der Waals surface area contributed by atoms with Crippen LogP contribution in [-0.2, 0) is 6.18 Å². The van der Waals surface area contributed by atoms with Crippen LogP contribution in [0.25, 0.3) is 10.9 Å². The fourth-order valence-electron chi connectivity index (χ4n) is 2.39. The molecular formula is C17H10ClF3N2O2. The van der Waals surface area contributed by atoms with E-state index in [0.29, 0.717) is 10.5 Å². The number of rotatable bonds is 2. The summed E-state index contributed by atoms with van der Waals surface area (Å²) in [5.41, 5.74) is -1.90. The lowest BCUT2D eigenvalue weighted by Gasteiger charge is -2.13. The predicted octanol–water partition coefficient (Wildman–Crippen LogP) is 4.45. The van der Waals surface area contributed by atoms with Crippen molar-refractivity contribution in [1.82, 2.24) is 4.98 Å². The number of aromatic amines is 1. The highest BCUT2D eigenvalue weighted by Gasteiger charge is 2.33. The molecule has 25 heavy (non-hydrogen) atoms. The van der Waals surface area contributed by atoms with E-state index in [1.54, 1.807) is 12.1 Å². The number of hydrogen-bond acceptors (Lipinski definition) is 2. The molecule has 0 unspecified atom stereocenters. The number of fused-ring (bicyclic) bond motifs is 1. The van der Waals surface area contributed by atoms with E-state index >= 15 is 0 Å². The third kappa shape index (κ3) is 3.36. The average Bonchev–Trinajstić information content (AvgIpc) is 2.55. The van der Waals surface area contributed by atoms with Crippen molar-refractivity contribution in [1.29, 1.82) is 0 Å². The van der Waals surface area contributed by atoms with Crippen molar-refractivity contribution in [2.45, 2.75) is 6.18 Å². The Morgan fingerprint density at radius 2 is 1.84 bits per heavy atom. The van der Waals surface area contributed by atoms with Crippen molar-refractivity contribution in [2.75, 3.05) is 5.32 Å². The highest BCUT2D eigenvalue weighted by atomic mass is 35.5. The maximum absolute atomic E-state index is 13.0. The van der Waals surface area contributed by atoms with Gasteiger partial charge >= 0.3 is 6.18 Å². The van der Waals surface area contributed by atoms with Crippen LogP contribution < -0.4 is 10.7 Å². The van der Waals surface area contributed by atoms with Gasteiger partial charge in [-0.3, -0.25) is 9.59 Å². The quantitative estimate of drug-likeness (QED) is 0.703. The third-order valence-electron chi connectivity index (χ3n) is 3.57. The van der Waals surface area contributed by atoms with Gasteiger partial charge in [-0.25, -0.2) is 0 Å². The minimum atomic E-state index is -4.63. The first-order valence-corrected chi connectivity index (χ1v) is 7.43. The molecule has 0 spiro atoms. The first-order chi connectivity index (χ1) is 11.8. The second kappa shape index (κ2) is 6.25. The van der Waals surface area contributed by atoms with E-state index in [2.05, 4.69) is 10.3 Å². The van der Waals surface area contributed by atoms with Crippen LogP contribution in [0, 0.1) is 0 Å². The second-order valence-corrected chi connectivity index (χ2v) is 5.66. The Morgan fingerprint density at radius 1 is 1.12 bits per heavy atom. The molecule has 4 nitrogen and oxygen atoms in total. The highest BCUT2D eigenvalue weighted by Crippen LogP contribution is 2.34. The average molecular weight is 367 g/mol. The molecule has 3 rings (SSSR count). The monoisotopic (exact) mass is 366 g/mol. The molecule has 0 atom stereocenters. The molecular weight excluding hydrogens is 357 g/mol. The van der Waals surface area contributed by atoms with E-state index in [4.69, 9.17) is 11.6 Å². The Labute approximate surface area is 144 Å². The minimum absolute atomic E-state index is 0.171. The van der Waals surface area contributed by atoms with E-state index in [1.807, 2.05) is 0 Å². The number of hydrogen-bond donors (Lipinski definition) is 2. The van der Waals surface area contributed by atoms with Crippen molar-refractivity contribution in [3.63, 3.8) is 0 Å². The molecule has 0 saturated carbocycles. The molecule has 0 saturated heterocycles. The second-order valence-electron chi connectivity index (χ2n) is 5.22. The number of pyridine rings is 1. The van der Waals surface area contributed by atoms with Crippen LogP contribution in [0.5, 0.6) is 0 Å². The van der Waals surface area contributed by atoms with Crippen molar-refractivity contribution in [2.24, 2.45) is 0 Å². The predicted molar refractivity (Wildman–Crippen MR) is 89.0 cm³/mol. The molecule has 2 N–H and O–H groups in total. The summed E-state index contributed by atoms with van der Waals surface area (Å²) >= 11 is 5.84. The number of nitrogens with one attached hydrogen (secondary N) is 2. The van der Waals surface area contributed by atoms with Gasteiger partial charge in [-0.1, -0.05) is 23.7 Å². The number of anilines is 1. The maximum Gasteiger partial charge on any atom is 0.418 e. The molecule has 0 bridgehead atoms. The van der Waals surface area contributed by atoms with Crippen LogP contribution in [-0.4, -0.2) is 10.9 Å². The number of carbonyl (C=O) groups is 1. The standard InChI is InChI=1S/C17H10ClF3N2O2/c18-9-5-6-13-10(7-9)15(24)11(8-22-13)16(25)23-14-4-2-1-3-12(14)17(19,20)21/h1-8H,(H,22,24)(H,23,25). The molecule has 0 aliphatic carbocycles. The zero-order valence-corrected chi connectivity index (χ0v) is 13.2. The van der Waals surface area contributed by atoms with Crippen LogP contribution >= 0.6 is 11.6 Å². The van der Waals surface area contributed by atoms with E-state index in [0.717, 1.165) is 18.3 Å². The molecule has 2 aromatic carbocycles. The number of H-pyrrole nitrogens is 1. The van der Waals surface area contributed by atoms with Gasteiger partial charge in [0.25, 0.3) is 5.91 Å². The van der Waals surface area contributed by atoms with Crippen LogP contribution in [0.3, 0.4) is 0 Å². The summed E-state index contributed by atoms with van der Waals surface area (Å²) in [5, 5.41) is 2.62. The van der Waals surface area contributed by atoms with E-state index in [9.17, 15) is 22.8 Å². The lowest BCUT2D eigenvalue weighted by Crippen LogP contribution is -2.23. The molecule has 3 aromatic rings. The van der Waals surface area contributed by atoms with Gasteiger partial charge in [0.1, 0.15) is 5.56 Å². The molecule has 0 aliphatic rings. The van der Waals surface area contributed by atoms with Gasteiger partial charge in [0.2, 0.25) is 5.43 Å². The van der Waals surface area contributed by atoms with Crippen LogP contribution in [0.4, 0.5) is 18.9 Å². The van der Waals surface area contributed by atoms with Gasteiger partial charge in [0.05, 0.1) is 11.3 Å². The number of benzene rings is 2. The zero-order chi connectivity index (χ0) is 18.2. The molecule has 1 aromatic heterocycles. The Bertz CT molecular complexity index is 1030. The molecule has 1 amide bonds. The van der Waals surface area contributed by atoms with Gasteiger partial charge in [0.15, 0.2) is 0 Å². The van der Waals surface area contributed by atoms with Crippen LogP contribution in [0.2, 0.25) is 5.02 Å². The van der Waals surface area contributed by atoms with Gasteiger partial charge in [0, 0.05) is 22.1 Å². The Balaban J connectivity index is 2.02. The summed E-state index contributed by atoms with van der Waals surface area (Å²) in [6.45, 7) is 0. The zero-order valence-electron chi connectivity index (χ0n) is 12.4. The SMILES string of the molecule is O=C(Nc1ccccc1C(F)(F)F)c1c[nH]c2ccc(Cl)cc2c1=O. The van der Waals surface area contributed by atoms with E-state index < -0.39 is 28.8 Å². The molecule has 8 heteroatoms. The fraction of sp³-hybridized carbons (Fsp3) is 0.0588. The van der Waals surface area contributed by atoms with Crippen molar-refractivity contribution in [3.8, 4) is 0 Å². The normalized spacial score (nSPS) is 11.5. The first kappa shape index (κ1) is 17.0. The van der Waals surface area contributed by atoms with Gasteiger partial charge < -0.3 is 10.3 Å². The summed E-state index contributed by atoms with van der Waals surface area (Å²) in [4.78, 5) is 27.5. The first-order valence-electron chi connectivity index (χ1n) is 7.06. The lowest BCUT2D eigenvalue weighted by atomic mass is 10.1. The third-order valence-corrected chi connectivity index (χ3v) is 3.80. The Kier molecular flexibility index (Phi) is 4.26. The van der Waals surface area contributed by atoms with Crippen LogP contribution in [0.1, 0.15) is 15.9 Å². The summed E-state index contributed by atoms with van der Waals surface area (Å²) in [6.07, 6.45) is -3.47. The topological polar surface area (TPSA) is 62.0 Å². The van der Waals surface area contributed by atoms with Gasteiger partial charge in [-0.05, 0) is 30.3 Å². The van der Waals surface area contributed by atoms with Gasteiger partial charge in [-0.15, -0.1) is 0 Å². The minimum Gasteiger partial charge on any atom is -0.360 e. The van der Waals surface area contributed by atoms with Crippen molar-refractivity contribution < 1.29 is 18.0 Å². The number of amides is 1. The van der Waals surface area contributed by atoms with Crippen molar-refractivity contribution >= 4 is 34.1 Å². The highest BCUT2D eigenvalue weighted by molar-refractivity contribution is 6.31. The Hall–Kier alpha value is -2.80. The number of para-hydroxylation sites is 1. The van der Waals surface area contributed by atoms with E-state index in [1.165, 1.54) is 18.2 Å². The summed E-state index contributed by atoms with van der Waals surface area (Å²) in [7, 11) is 0. The number of carbonyl (C=O) groups excluding carboxylic acids is 1. The molecule has 0 aliphatic heterocycles. The summed E-state index contributed by atoms with van der Waals surface area (Å²) in [5.74, 6) is -0.945. The smallest absolute Gasteiger partial charge is 0.360 e. The molecule has 1 heterocycles. The van der Waals surface area contributed by atoms with Crippen LogP contribution in [0.15, 0.2) is 53.5 Å². The lowest BCUT2D eigenvalue weighted by molar-refractivity contribution is -0.136. The largest absolute Gasteiger partial charge is 0.418 e. The maximum atomic E-state index is 13.0. The molecule has 128 valence electrons. The van der Waals surface area contributed by atoms with Crippen molar-refractivity contribution in [3.05, 3.63) is 75.0 Å². The van der Waals surface area contributed by atoms with Gasteiger partial charge in [-0.2, -0.15) is 13.2 Å². The fourth-order valence-corrected chi connectivity index (χ4v) is 2.56. The van der Waals surface area contributed by atoms with E-state index in [-0.39, 0.29) is 10.9 Å². The summed E-state index contributed by atoms with van der Waals surface area (Å²) in [6, 6.07) is 9.06. The molecule has 0 radical (unpaired) electrons. The number of aromatic nitrogens is 1. The number of alkyl halides is 3.